The van der Waals surface area contributed by atoms with Crippen LogP contribution in [0.5, 0.6) is 11.5 Å². The van der Waals surface area contributed by atoms with Crippen molar-refractivity contribution in [3.63, 3.8) is 0 Å². The largest absolute Gasteiger partial charge is 0.492 e. The molecule has 340 valence electrons. The fraction of sp³-hybridized carbons (Fsp3) is 0.294. The number of ether oxygens (including phenoxy) is 4. The summed E-state index contributed by atoms with van der Waals surface area (Å²) in [6.07, 6.45) is 3.32. The SMILES string of the molecule is CC(Nc1c(Cl)cnc2[nH]c(-c3ccc(OCCN4CCOCC4)cc3)nc12)c1ccccc1.Cc1ccc(-c2c(Cl)cnc3[nH]c(-c4ccc(OCCN5CCOCC5)cc4)nc23)cc1. The first kappa shape index (κ1) is 45.1. The molecule has 3 N–H and O–H groups in total. The van der Waals surface area contributed by atoms with Gasteiger partial charge in [-0.3, -0.25) is 9.80 Å². The molecule has 66 heavy (non-hydrogen) atoms. The third kappa shape index (κ3) is 11.1. The van der Waals surface area contributed by atoms with Crippen molar-refractivity contribution in [2.24, 2.45) is 0 Å². The Kier molecular flexibility index (Phi) is 14.7. The van der Waals surface area contributed by atoms with Crippen LogP contribution >= 0.6 is 23.2 Å². The summed E-state index contributed by atoms with van der Waals surface area (Å²) >= 11 is 13.0. The predicted molar refractivity (Wildman–Crippen MR) is 263 cm³/mol. The monoisotopic (exact) mass is 925 g/mol. The van der Waals surface area contributed by atoms with E-state index in [1.54, 1.807) is 12.4 Å². The van der Waals surface area contributed by atoms with E-state index in [0.717, 1.165) is 128 Å². The molecule has 15 heteroatoms. The van der Waals surface area contributed by atoms with Gasteiger partial charge in [-0.05, 0) is 73.5 Å². The summed E-state index contributed by atoms with van der Waals surface area (Å²) in [5, 5.41) is 4.63. The van der Waals surface area contributed by atoms with Gasteiger partial charge in [0.15, 0.2) is 11.3 Å². The van der Waals surface area contributed by atoms with E-state index in [0.29, 0.717) is 34.6 Å². The average Bonchev–Trinajstić information content (AvgIpc) is 4.00. The van der Waals surface area contributed by atoms with Crippen molar-refractivity contribution in [3.05, 3.63) is 137 Å². The van der Waals surface area contributed by atoms with Gasteiger partial charge in [-0.15, -0.1) is 0 Å². The first-order chi connectivity index (χ1) is 32.3. The van der Waals surface area contributed by atoms with Crippen LogP contribution in [0.1, 0.15) is 24.1 Å². The Bertz CT molecular complexity index is 2810. The highest BCUT2D eigenvalue weighted by Gasteiger charge is 2.18. The van der Waals surface area contributed by atoms with Gasteiger partial charge >= 0.3 is 0 Å². The summed E-state index contributed by atoms with van der Waals surface area (Å²) in [6.45, 7) is 14.4. The number of aromatic amines is 2. The highest BCUT2D eigenvalue weighted by Crippen LogP contribution is 2.36. The van der Waals surface area contributed by atoms with Crippen LogP contribution in [0.4, 0.5) is 5.69 Å². The number of fused-ring (bicyclic) bond motifs is 2. The zero-order chi connectivity index (χ0) is 45.2. The zero-order valence-electron chi connectivity index (χ0n) is 37.1. The molecule has 4 aromatic carbocycles. The molecule has 6 heterocycles. The van der Waals surface area contributed by atoms with Gasteiger partial charge in [-0.2, -0.15) is 0 Å². The van der Waals surface area contributed by atoms with Crippen molar-refractivity contribution in [1.29, 1.82) is 0 Å². The van der Waals surface area contributed by atoms with Gasteiger partial charge in [-0.25, -0.2) is 19.9 Å². The van der Waals surface area contributed by atoms with Crippen molar-refractivity contribution in [2.75, 3.05) is 84.2 Å². The van der Waals surface area contributed by atoms with Gasteiger partial charge in [0.25, 0.3) is 0 Å². The van der Waals surface area contributed by atoms with Crippen LogP contribution in [0.2, 0.25) is 10.0 Å². The van der Waals surface area contributed by atoms with Crippen molar-refractivity contribution in [2.45, 2.75) is 19.9 Å². The Hall–Kier alpha value is -6.06. The van der Waals surface area contributed by atoms with Crippen molar-refractivity contribution in [1.82, 2.24) is 39.7 Å². The zero-order valence-corrected chi connectivity index (χ0v) is 38.6. The van der Waals surface area contributed by atoms with Gasteiger partial charge in [0.05, 0.1) is 48.4 Å². The lowest BCUT2D eigenvalue weighted by molar-refractivity contribution is 0.0321. The van der Waals surface area contributed by atoms with E-state index in [1.165, 1.54) is 11.1 Å². The molecule has 0 aliphatic carbocycles. The van der Waals surface area contributed by atoms with Crippen LogP contribution in [0, 0.1) is 6.92 Å². The Labute approximate surface area is 394 Å². The second-order valence-corrected chi connectivity index (χ2v) is 17.1. The van der Waals surface area contributed by atoms with Crippen molar-refractivity contribution in [3.8, 4) is 45.4 Å². The van der Waals surface area contributed by atoms with Crippen LogP contribution in [0.25, 0.3) is 56.2 Å². The predicted octanol–water partition coefficient (Wildman–Crippen LogP) is 10.1. The Morgan fingerprint density at radius 1 is 0.621 bits per heavy atom. The third-order valence-electron chi connectivity index (χ3n) is 11.8. The number of halogens is 2. The Balaban J connectivity index is 0.000000166. The number of aromatic nitrogens is 6. The maximum atomic E-state index is 6.51. The smallest absolute Gasteiger partial charge is 0.159 e. The Morgan fingerprint density at radius 2 is 1.11 bits per heavy atom. The number of morpholine rings is 2. The van der Waals surface area contributed by atoms with Crippen molar-refractivity contribution >= 4 is 51.2 Å². The number of aryl methyl sites for hydroxylation is 1. The van der Waals surface area contributed by atoms with Crippen molar-refractivity contribution < 1.29 is 18.9 Å². The molecule has 0 amide bonds. The fourth-order valence-corrected chi connectivity index (χ4v) is 8.40. The first-order valence-electron chi connectivity index (χ1n) is 22.4. The van der Waals surface area contributed by atoms with Crippen LogP contribution < -0.4 is 14.8 Å². The summed E-state index contributed by atoms with van der Waals surface area (Å²) in [5.74, 6) is 3.18. The fourth-order valence-electron chi connectivity index (χ4n) is 7.96. The molecule has 0 saturated carbocycles. The molecular weight excluding hydrogens is 874 g/mol. The molecule has 1 atom stereocenters. The van der Waals surface area contributed by atoms with E-state index in [2.05, 4.69) is 85.3 Å². The first-order valence-corrected chi connectivity index (χ1v) is 23.1. The molecule has 2 aliphatic heterocycles. The number of benzene rings is 4. The van der Waals surface area contributed by atoms with Crippen LogP contribution in [0.3, 0.4) is 0 Å². The van der Waals surface area contributed by atoms with Gasteiger partial charge in [0, 0.05) is 68.2 Å². The summed E-state index contributed by atoms with van der Waals surface area (Å²) in [7, 11) is 0. The maximum absolute atomic E-state index is 6.51. The molecule has 1 unspecified atom stereocenters. The topological polar surface area (TPSA) is 139 Å². The normalized spacial score (nSPS) is 15.0. The number of imidazole rings is 2. The van der Waals surface area contributed by atoms with Crippen LogP contribution in [-0.2, 0) is 9.47 Å². The number of nitrogens with zero attached hydrogens (tertiary/aromatic N) is 6. The molecule has 13 nitrogen and oxygen atoms in total. The molecule has 0 spiro atoms. The quantitative estimate of drug-likeness (QED) is 0.0961. The molecule has 2 saturated heterocycles. The second kappa shape index (κ2) is 21.5. The standard InChI is InChI=1S/C26H28ClN5O2.C25H25ClN4O2/c1-18(19-5-3-2-4-6-19)29-23-22(27)17-28-26-24(23)30-25(31-26)20-7-9-21(10-8-20)34-16-13-32-11-14-33-15-12-32;1-17-2-4-18(5-3-17)22-21(26)16-27-25-23(22)28-24(29-25)19-6-8-20(9-7-19)32-15-12-30-10-13-31-14-11-30/h2-10,17-18H,11-16H2,1H3,(H2,28,29,30,31);2-9,16H,10-15H2,1H3,(H,27,28,29). The molecular formula is C51H53Cl2N9O4. The molecule has 2 aliphatic rings. The minimum atomic E-state index is 0.0679. The molecule has 4 aromatic heterocycles. The molecule has 2 fully saturated rings. The number of rotatable bonds is 14. The summed E-state index contributed by atoms with van der Waals surface area (Å²) in [5.41, 5.74) is 9.86. The highest BCUT2D eigenvalue weighted by atomic mass is 35.5. The molecule has 0 bridgehead atoms. The van der Waals surface area contributed by atoms with E-state index >= 15 is 0 Å². The number of pyridine rings is 2. The summed E-state index contributed by atoms with van der Waals surface area (Å²) in [6, 6.07) is 34.5. The minimum absolute atomic E-state index is 0.0679. The molecule has 0 radical (unpaired) electrons. The van der Waals surface area contributed by atoms with Gasteiger partial charge in [0.1, 0.15) is 47.4 Å². The number of nitrogens with one attached hydrogen (secondary N) is 3. The molecule has 10 rings (SSSR count). The second-order valence-electron chi connectivity index (χ2n) is 16.3. The van der Waals surface area contributed by atoms with E-state index in [1.807, 2.05) is 66.7 Å². The minimum Gasteiger partial charge on any atom is -0.492 e. The average molecular weight is 927 g/mol. The van der Waals surface area contributed by atoms with Crippen LogP contribution in [0.15, 0.2) is 116 Å². The number of hydrogen-bond donors (Lipinski definition) is 3. The lowest BCUT2D eigenvalue weighted by Crippen LogP contribution is -2.38. The summed E-state index contributed by atoms with van der Waals surface area (Å²) < 4.78 is 22.6. The third-order valence-corrected chi connectivity index (χ3v) is 12.3. The van der Waals surface area contributed by atoms with Gasteiger partial charge < -0.3 is 34.2 Å². The van der Waals surface area contributed by atoms with E-state index in [-0.39, 0.29) is 6.04 Å². The number of hydrogen-bond acceptors (Lipinski definition) is 11. The van der Waals surface area contributed by atoms with E-state index in [4.69, 9.17) is 52.1 Å². The lowest BCUT2D eigenvalue weighted by Gasteiger charge is -2.26. The Morgan fingerprint density at radius 3 is 1.65 bits per heavy atom. The van der Waals surface area contributed by atoms with Gasteiger partial charge in [0.2, 0.25) is 0 Å². The summed E-state index contributed by atoms with van der Waals surface area (Å²) in [4.78, 5) is 29.9. The van der Waals surface area contributed by atoms with E-state index < -0.39 is 0 Å². The molecule has 8 aromatic rings. The number of H-pyrrole nitrogens is 2. The number of anilines is 1. The highest BCUT2D eigenvalue weighted by molar-refractivity contribution is 6.35. The van der Waals surface area contributed by atoms with E-state index in [9.17, 15) is 0 Å². The maximum Gasteiger partial charge on any atom is 0.159 e. The van der Waals surface area contributed by atoms with Crippen LogP contribution in [-0.4, -0.2) is 119 Å². The lowest BCUT2D eigenvalue weighted by atomic mass is 10.0. The van der Waals surface area contributed by atoms with Gasteiger partial charge in [-0.1, -0.05) is 83.4 Å².